The van der Waals surface area contributed by atoms with Gasteiger partial charge in [0.2, 0.25) is 0 Å². The van der Waals surface area contributed by atoms with Gasteiger partial charge in [0, 0.05) is 11.0 Å². The Labute approximate surface area is 120 Å². The van der Waals surface area contributed by atoms with Crippen molar-refractivity contribution >= 4 is 17.7 Å². The topological polar surface area (TPSA) is 49.3 Å². The lowest BCUT2D eigenvalue weighted by Crippen LogP contribution is -2.56. The third-order valence-electron chi connectivity index (χ3n) is 4.45. The Morgan fingerprint density at radius 2 is 1.95 bits per heavy atom. The summed E-state index contributed by atoms with van der Waals surface area (Å²) in [6.07, 6.45) is 9.71. The van der Waals surface area contributed by atoms with Gasteiger partial charge in [0.15, 0.2) is 0 Å². The van der Waals surface area contributed by atoms with Gasteiger partial charge in [-0.1, -0.05) is 26.2 Å². The fourth-order valence-corrected chi connectivity index (χ4v) is 4.66. The van der Waals surface area contributed by atoms with Crippen LogP contribution in [0.3, 0.4) is 0 Å². The number of carbonyl (C=O) groups is 1. The van der Waals surface area contributed by atoms with E-state index < -0.39 is 11.5 Å². The summed E-state index contributed by atoms with van der Waals surface area (Å²) >= 11 is 1.91. The summed E-state index contributed by atoms with van der Waals surface area (Å²) < 4.78 is 0. The molecule has 2 aliphatic carbocycles. The van der Waals surface area contributed by atoms with Gasteiger partial charge in [-0.15, -0.1) is 0 Å². The van der Waals surface area contributed by atoms with Crippen LogP contribution in [-0.2, 0) is 4.79 Å². The second kappa shape index (κ2) is 6.98. The Kier molecular flexibility index (Phi) is 5.58. The first kappa shape index (κ1) is 15.2. The molecule has 0 aromatic rings. The second-order valence-corrected chi connectivity index (χ2v) is 7.34. The van der Waals surface area contributed by atoms with Crippen LogP contribution >= 0.6 is 11.8 Å². The number of nitrogens with one attached hydrogen (secondary N) is 1. The molecule has 1 unspecified atom stereocenters. The molecule has 2 rings (SSSR count). The van der Waals surface area contributed by atoms with E-state index in [0.717, 1.165) is 31.6 Å². The van der Waals surface area contributed by atoms with Gasteiger partial charge in [-0.2, -0.15) is 11.8 Å². The van der Waals surface area contributed by atoms with E-state index in [1.165, 1.54) is 32.1 Å². The van der Waals surface area contributed by atoms with E-state index in [2.05, 4.69) is 12.2 Å². The van der Waals surface area contributed by atoms with Crippen molar-refractivity contribution in [1.82, 2.24) is 5.32 Å². The fraction of sp³-hybridized carbons (Fsp3) is 0.933. The van der Waals surface area contributed by atoms with Crippen molar-refractivity contribution < 1.29 is 9.90 Å². The lowest BCUT2D eigenvalue weighted by Gasteiger charge is -2.33. The van der Waals surface area contributed by atoms with E-state index in [9.17, 15) is 9.90 Å². The smallest absolute Gasteiger partial charge is 0.325 e. The standard InChI is InChI=1S/C15H27NO2S/c1-2-10-16-15(14(17)18,12-8-9-12)11-19-13-6-4-3-5-7-13/h12-13,16H,2-11H2,1H3,(H,17,18). The van der Waals surface area contributed by atoms with Crippen LogP contribution in [0, 0.1) is 5.92 Å². The largest absolute Gasteiger partial charge is 0.480 e. The van der Waals surface area contributed by atoms with Crippen LogP contribution in [0.5, 0.6) is 0 Å². The van der Waals surface area contributed by atoms with Gasteiger partial charge in [0.25, 0.3) is 0 Å². The van der Waals surface area contributed by atoms with E-state index in [1.54, 1.807) is 0 Å². The minimum atomic E-state index is -0.655. The molecule has 4 heteroatoms. The highest BCUT2D eigenvalue weighted by Crippen LogP contribution is 2.43. The van der Waals surface area contributed by atoms with Crippen LogP contribution in [0.2, 0.25) is 0 Å². The van der Waals surface area contributed by atoms with Crippen LogP contribution in [0.15, 0.2) is 0 Å². The van der Waals surface area contributed by atoms with Crippen molar-refractivity contribution in [2.24, 2.45) is 5.92 Å². The Balaban J connectivity index is 1.93. The molecule has 0 amide bonds. The number of carboxylic acids is 1. The molecule has 0 aromatic carbocycles. The number of rotatable bonds is 8. The first-order valence-electron chi connectivity index (χ1n) is 7.79. The van der Waals surface area contributed by atoms with Gasteiger partial charge in [0.1, 0.15) is 5.54 Å². The summed E-state index contributed by atoms with van der Waals surface area (Å²) in [5, 5.41) is 13.8. The first-order valence-corrected chi connectivity index (χ1v) is 8.84. The zero-order valence-electron chi connectivity index (χ0n) is 12.0. The van der Waals surface area contributed by atoms with Crippen LogP contribution in [0.25, 0.3) is 0 Å². The number of carboxylic acid groups (broad SMARTS) is 1. The number of hydrogen-bond donors (Lipinski definition) is 2. The van der Waals surface area contributed by atoms with Crippen molar-refractivity contribution in [1.29, 1.82) is 0 Å². The van der Waals surface area contributed by atoms with Gasteiger partial charge < -0.3 is 10.4 Å². The second-order valence-electron chi connectivity index (χ2n) is 6.05. The molecule has 19 heavy (non-hydrogen) atoms. The lowest BCUT2D eigenvalue weighted by atomic mass is 9.95. The van der Waals surface area contributed by atoms with Crippen molar-refractivity contribution in [3.63, 3.8) is 0 Å². The third-order valence-corrected chi connectivity index (χ3v) is 6.01. The molecule has 0 saturated heterocycles. The molecule has 0 aliphatic heterocycles. The fourth-order valence-electron chi connectivity index (χ4n) is 3.03. The maximum absolute atomic E-state index is 11.8. The van der Waals surface area contributed by atoms with Crippen molar-refractivity contribution in [2.45, 2.75) is 69.1 Å². The summed E-state index contributed by atoms with van der Waals surface area (Å²) in [4.78, 5) is 11.8. The maximum atomic E-state index is 11.8. The van der Waals surface area contributed by atoms with Crippen molar-refractivity contribution in [3.05, 3.63) is 0 Å². The number of aliphatic carboxylic acids is 1. The Bertz CT molecular complexity index is 301. The first-order chi connectivity index (χ1) is 9.19. The zero-order valence-corrected chi connectivity index (χ0v) is 12.8. The molecule has 0 heterocycles. The highest BCUT2D eigenvalue weighted by atomic mass is 32.2. The van der Waals surface area contributed by atoms with Crippen LogP contribution in [0.4, 0.5) is 0 Å². The number of hydrogen-bond acceptors (Lipinski definition) is 3. The Hall–Kier alpha value is -0.220. The average molecular weight is 285 g/mol. The lowest BCUT2D eigenvalue weighted by molar-refractivity contribution is -0.144. The quantitative estimate of drug-likeness (QED) is 0.718. The van der Waals surface area contributed by atoms with E-state index >= 15 is 0 Å². The molecule has 0 radical (unpaired) electrons. The molecule has 2 aliphatic rings. The SMILES string of the molecule is CCCNC(CSC1CCCCC1)(C(=O)O)C1CC1. The number of thioether (sulfide) groups is 1. The van der Waals surface area contributed by atoms with E-state index in [-0.39, 0.29) is 0 Å². The van der Waals surface area contributed by atoms with Crippen LogP contribution < -0.4 is 5.32 Å². The van der Waals surface area contributed by atoms with Gasteiger partial charge in [0.05, 0.1) is 0 Å². The molecule has 110 valence electrons. The van der Waals surface area contributed by atoms with E-state index in [4.69, 9.17) is 0 Å². The Morgan fingerprint density at radius 3 is 2.47 bits per heavy atom. The maximum Gasteiger partial charge on any atom is 0.325 e. The average Bonchev–Trinajstić information content (AvgIpc) is 3.25. The third kappa shape index (κ3) is 3.88. The highest BCUT2D eigenvalue weighted by Gasteiger charge is 2.50. The van der Waals surface area contributed by atoms with Gasteiger partial charge in [-0.3, -0.25) is 4.79 Å². The minimum absolute atomic E-state index is 0.354. The summed E-state index contributed by atoms with van der Waals surface area (Å²) in [6, 6.07) is 0. The molecule has 1 atom stereocenters. The van der Waals surface area contributed by atoms with Crippen LogP contribution in [-0.4, -0.2) is 34.2 Å². The molecular formula is C15H27NO2S. The van der Waals surface area contributed by atoms with Gasteiger partial charge in [-0.25, -0.2) is 0 Å². The normalized spacial score (nSPS) is 24.1. The molecule has 2 N–H and O–H groups in total. The Morgan fingerprint density at radius 1 is 1.26 bits per heavy atom. The molecule has 2 saturated carbocycles. The monoisotopic (exact) mass is 285 g/mol. The van der Waals surface area contributed by atoms with E-state index in [1.807, 2.05) is 11.8 Å². The van der Waals surface area contributed by atoms with Crippen LogP contribution in [0.1, 0.15) is 58.3 Å². The molecule has 0 bridgehead atoms. The van der Waals surface area contributed by atoms with Crippen molar-refractivity contribution in [2.75, 3.05) is 12.3 Å². The summed E-state index contributed by atoms with van der Waals surface area (Å²) in [7, 11) is 0. The van der Waals surface area contributed by atoms with Crippen molar-refractivity contribution in [3.8, 4) is 0 Å². The van der Waals surface area contributed by atoms with Gasteiger partial charge in [-0.05, 0) is 44.6 Å². The molecule has 0 aromatic heterocycles. The summed E-state index contributed by atoms with van der Waals surface area (Å²) in [5.41, 5.74) is -0.655. The van der Waals surface area contributed by atoms with Gasteiger partial charge >= 0.3 is 5.97 Å². The zero-order chi connectivity index (χ0) is 13.7. The molecular weight excluding hydrogens is 258 g/mol. The minimum Gasteiger partial charge on any atom is -0.480 e. The highest BCUT2D eigenvalue weighted by molar-refractivity contribution is 8.00. The predicted octanol–water partition coefficient (Wildman–Crippen LogP) is 3.29. The molecule has 0 spiro atoms. The van der Waals surface area contributed by atoms with E-state index in [0.29, 0.717) is 11.2 Å². The molecule has 2 fully saturated rings. The molecule has 3 nitrogen and oxygen atoms in total. The summed E-state index contributed by atoms with van der Waals surface area (Å²) in [6.45, 7) is 2.91. The summed E-state index contributed by atoms with van der Waals surface area (Å²) in [5.74, 6) is 0.469. The predicted molar refractivity (Wildman–Crippen MR) is 80.7 cm³/mol.